The molecule has 1 N–H and O–H groups in total. The van der Waals surface area contributed by atoms with Gasteiger partial charge in [0, 0.05) is 11.3 Å². The molecule has 3 rings (SSSR count). The third kappa shape index (κ3) is 4.92. The Hall–Kier alpha value is -3.38. The lowest BCUT2D eigenvalue weighted by atomic mass is 9.98. The SMILES string of the molecule is C=CCN(c1ccc(C(=O)Nc2c(C)cccc2C(C)C)cc1)S(=O)(=O)c1ccccc1. The van der Waals surface area contributed by atoms with Crippen LogP contribution in [-0.2, 0) is 10.0 Å². The molecule has 0 aliphatic carbocycles. The van der Waals surface area contributed by atoms with E-state index in [0.29, 0.717) is 11.3 Å². The van der Waals surface area contributed by atoms with Gasteiger partial charge in [0.2, 0.25) is 0 Å². The Morgan fingerprint density at radius 1 is 1.00 bits per heavy atom. The molecule has 0 bridgehead atoms. The lowest BCUT2D eigenvalue weighted by Crippen LogP contribution is -2.31. The molecular formula is C26H28N2O3S. The van der Waals surface area contributed by atoms with Crippen LogP contribution in [0.15, 0.2) is 90.3 Å². The number of hydrogen-bond donors (Lipinski definition) is 1. The molecule has 1 amide bonds. The summed E-state index contributed by atoms with van der Waals surface area (Å²) in [6.07, 6.45) is 1.53. The van der Waals surface area contributed by atoms with Crippen LogP contribution in [0.1, 0.15) is 41.3 Å². The first-order valence-corrected chi connectivity index (χ1v) is 11.9. The van der Waals surface area contributed by atoms with E-state index in [-0.39, 0.29) is 23.3 Å². The van der Waals surface area contributed by atoms with Crippen molar-refractivity contribution in [3.63, 3.8) is 0 Å². The highest BCUT2D eigenvalue weighted by Crippen LogP contribution is 2.28. The van der Waals surface area contributed by atoms with Gasteiger partial charge in [-0.25, -0.2) is 8.42 Å². The van der Waals surface area contributed by atoms with Crippen molar-refractivity contribution < 1.29 is 13.2 Å². The minimum absolute atomic E-state index is 0.115. The van der Waals surface area contributed by atoms with Gasteiger partial charge in [0.25, 0.3) is 15.9 Å². The van der Waals surface area contributed by atoms with E-state index in [4.69, 9.17) is 0 Å². The Labute approximate surface area is 190 Å². The highest BCUT2D eigenvalue weighted by Gasteiger charge is 2.24. The van der Waals surface area contributed by atoms with Crippen molar-refractivity contribution in [2.24, 2.45) is 0 Å². The Morgan fingerprint density at radius 3 is 2.25 bits per heavy atom. The molecule has 0 fully saturated rings. The maximum Gasteiger partial charge on any atom is 0.264 e. The van der Waals surface area contributed by atoms with Crippen molar-refractivity contribution in [2.75, 3.05) is 16.2 Å². The fourth-order valence-electron chi connectivity index (χ4n) is 3.49. The standard InChI is InChI=1S/C26H28N2O3S/c1-5-18-28(32(30,31)23-11-7-6-8-12-23)22-16-14-21(15-17-22)26(29)27-25-20(4)10-9-13-24(25)19(2)3/h5-17,19H,1,18H2,2-4H3,(H,27,29). The van der Waals surface area contributed by atoms with Gasteiger partial charge >= 0.3 is 0 Å². The number of sulfonamides is 1. The summed E-state index contributed by atoms with van der Waals surface area (Å²) < 4.78 is 27.5. The van der Waals surface area contributed by atoms with Crippen LogP contribution in [0, 0.1) is 6.92 Å². The van der Waals surface area contributed by atoms with E-state index in [9.17, 15) is 13.2 Å². The molecule has 3 aromatic carbocycles. The number of para-hydroxylation sites is 1. The zero-order valence-electron chi connectivity index (χ0n) is 18.6. The van der Waals surface area contributed by atoms with Crippen LogP contribution in [0.5, 0.6) is 0 Å². The van der Waals surface area contributed by atoms with Crippen LogP contribution in [0.3, 0.4) is 0 Å². The van der Waals surface area contributed by atoms with E-state index in [1.807, 2.05) is 25.1 Å². The third-order valence-corrected chi connectivity index (χ3v) is 7.02. The predicted octanol–water partition coefficient (Wildman–Crippen LogP) is 5.75. The number of carbonyl (C=O) groups is 1. The Bertz CT molecular complexity index is 1200. The summed E-state index contributed by atoms with van der Waals surface area (Å²) in [6, 6.07) is 20.8. The lowest BCUT2D eigenvalue weighted by molar-refractivity contribution is 0.102. The maximum absolute atomic E-state index is 13.1. The number of rotatable bonds is 8. The van der Waals surface area contributed by atoms with Gasteiger partial charge < -0.3 is 5.32 Å². The zero-order chi connectivity index (χ0) is 23.3. The topological polar surface area (TPSA) is 66.5 Å². The highest BCUT2D eigenvalue weighted by molar-refractivity contribution is 7.92. The summed E-state index contributed by atoms with van der Waals surface area (Å²) >= 11 is 0. The number of nitrogens with zero attached hydrogens (tertiary/aromatic N) is 1. The normalized spacial score (nSPS) is 11.2. The molecule has 6 heteroatoms. The van der Waals surface area contributed by atoms with Crippen LogP contribution >= 0.6 is 0 Å². The van der Waals surface area contributed by atoms with E-state index in [2.05, 4.69) is 25.7 Å². The molecule has 0 saturated heterocycles. The predicted molar refractivity (Wildman–Crippen MR) is 131 cm³/mol. The van der Waals surface area contributed by atoms with Gasteiger partial charge in [-0.05, 0) is 60.4 Å². The fourth-order valence-corrected chi connectivity index (χ4v) is 4.94. The molecule has 0 unspecified atom stereocenters. The summed E-state index contributed by atoms with van der Waals surface area (Å²) in [5.74, 6) is 0.0252. The first-order chi connectivity index (χ1) is 15.3. The molecular weight excluding hydrogens is 420 g/mol. The number of amides is 1. The van der Waals surface area contributed by atoms with E-state index in [1.54, 1.807) is 54.6 Å². The molecule has 0 aliphatic heterocycles. The zero-order valence-corrected chi connectivity index (χ0v) is 19.4. The second-order valence-electron chi connectivity index (χ2n) is 7.83. The van der Waals surface area contributed by atoms with Crippen molar-refractivity contribution in [2.45, 2.75) is 31.6 Å². The second kappa shape index (κ2) is 9.83. The number of nitrogens with one attached hydrogen (secondary N) is 1. The molecule has 0 saturated carbocycles. The maximum atomic E-state index is 13.1. The smallest absolute Gasteiger partial charge is 0.264 e. The van der Waals surface area contributed by atoms with Gasteiger partial charge in [0.15, 0.2) is 0 Å². The molecule has 0 atom stereocenters. The molecule has 166 valence electrons. The molecule has 0 radical (unpaired) electrons. The van der Waals surface area contributed by atoms with Crippen molar-refractivity contribution in [3.8, 4) is 0 Å². The van der Waals surface area contributed by atoms with Gasteiger partial charge in [-0.1, -0.05) is 56.3 Å². The van der Waals surface area contributed by atoms with Gasteiger partial charge in [-0.3, -0.25) is 9.10 Å². The molecule has 32 heavy (non-hydrogen) atoms. The molecule has 5 nitrogen and oxygen atoms in total. The summed E-state index contributed by atoms with van der Waals surface area (Å²) in [4.78, 5) is 13.1. The number of benzene rings is 3. The number of aryl methyl sites for hydroxylation is 1. The van der Waals surface area contributed by atoms with E-state index < -0.39 is 10.0 Å². The largest absolute Gasteiger partial charge is 0.321 e. The van der Waals surface area contributed by atoms with Gasteiger partial charge in [-0.15, -0.1) is 6.58 Å². The first kappa shape index (κ1) is 23.3. The number of anilines is 2. The average molecular weight is 449 g/mol. The monoisotopic (exact) mass is 448 g/mol. The highest BCUT2D eigenvalue weighted by atomic mass is 32.2. The number of hydrogen-bond acceptors (Lipinski definition) is 3. The Morgan fingerprint density at radius 2 is 1.66 bits per heavy atom. The summed E-state index contributed by atoms with van der Waals surface area (Å²) in [5, 5.41) is 3.02. The van der Waals surface area contributed by atoms with Crippen LogP contribution in [0.2, 0.25) is 0 Å². The number of carbonyl (C=O) groups excluding carboxylic acids is 1. The molecule has 3 aromatic rings. The average Bonchev–Trinajstić information content (AvgIpc) is 2.79. The van der Waals surface area contributed by atoms with E-state index in [1.165, 1.54) is 10.4 Å². The van der Waals surface area contributed by atoms with Crippen LogP contribution in [0.25, 0.3) is 0 Å². The van der Waals surface area contributed by atoms with Gasteiger partial charge in [0.1, 0.15) is 0 Å². The van der Waals surface area contributed by atoms with Crippen molar-refractivity contribution in [1.82, 2.24) is 0 Å². The molecule has 0 aromatic heterocycles. The minimum Gasteiger partial charge on any atom is -0.321 e. The van der Waals surface area contributed by atoms with E-state index >= 15 is 0 Å². The van der Waals surface area contributed by atoms with Crippen molar-refractivity contribution >= 4 is 27.3 Å². The Kier molecular flexibility index (Phi) is 7.15. The van der Waals surface area contributed by atoms with Crippen molar-refractivity contribution in [1.29, 1.82) is 0 Å². The summed E-state index contributed by atoms with van der Waals surface area (Å²) in [7, 11) is -3.76. The third-order valence-electron chi connectivity index (χ3n) is 5.21. The van der Waals surface area contributed by atoms with E-state index in [0.717, 1.165) is 16.8 Å². The lowest BCUT2D eigenvalue weighted by Gasteiger charge is -2.23. The second-order valence-corrected chi connectivity index (χ2v) is 9.70. The first-order valence-electron chi connectivity index (χ1n) is 10.4. The van der Waals surface area contributed by atoms with Crippen LogP contribution in [-0.4, -0.2) is 20.9 Å². The van der Waals surface area contributed by atoms with Crippen molar-refractivity contribution in [3.05, 3.63) is 102 Å². The van der Waals surface area contributed by atoms with Gasteiger partial charge in [-0.2, -0.15) is 0 Å². The Balaban J connectivity index is 1.88. The minimum atomic E-state index is -3.76. The van der Waals surface area contributed by atoms with Crippen LogP contribution in [0.4, 0.5) is 11.4 Å². The van der Waals surface area contributed by atoms with Gasteiger partial charge in [0.05, 0.1) is 17.1 Å². The quantitative estimate of drug-likeness (QED) is 0.446. The fraction of sp³-hybridized carbons (Fsp3) is 0.192. The van der Waals surface area contributed by atoms with Crippen LogP contribution < -0.4 is 9.62 Å². The summed E-state index contributed by atoms with van der Waals surface area (Å²) in [5.41, 5.74) is 3.79. The molecule has 0 heterocycles. The molecule has 0 aliphatic rings. The summed E-state index contributed by atoms with van der Waals surface area (Å²) in [6.45, 7) is 9.93. The molecule has 0 spiro atoms.